The van der Waals surface area contributed by atoms with Crippen molar-refractivity contribution in [3.63, 3.8) is 0 Å². The molecular formula is C19H31NO. The molecule has 1 aromatic rings. The summed E-state index contributed by atoms with van der Waals surface area (Å²) < 4.78 is 6.45. The van der Waals surface area contributed by atoms with Gasteiger partial charge in [-0.1, -0.05) is 26.8 Å². The molecule has 2 heteroatoms. The minimum absolute atomic E-state index is 0.284. The summed E-state index contributed by atoms with van der Waals surface area (Å²) in [6, 6.07) is 4.86. The highest BCUT2D eigenvalue weighted by Gasteiger charge is 2.43. The van der Waals surface area contributed by atoms with Gasteiger partial charge in [-0.3, -0.25) is 0 Å². The Morgan fingerprint density at radius 1 is 1.24 bits per heavy atom. The normalized spacial score (nSPS) is 24.3. The smallest absolute Gasteiger partial charge is 0.123 e. The molecule has 0 spiro atoms. The lowest BCUT2D eigenvalue weighted by Crippen LogP contribution is -2.47. The largest absolute Gasteiger partial charge is 0.488 e. The van der Waals surface area contributed by atoms with Gasteiger partial charge in [0.05, 0.1) is 0 Å². The van der Waals surface area contributed by atoms with Crippen LogP contribution < -0.4 is 10.1 Å². The first-order valence-electron chi connectivity index (χ1n) is 8.33. The zero-order chi connectivity index (χ0) is 15.6. The van der Waals surface area contributed by atoms with Crippen molar-refractivity contribution in [2.75, 3.05) is 6.54 Å². The number of hydrogen-bond acceptors (Lipinski definition) is 2. The van der Waals surface area contributed by atoms with Gasteiger partial charge < -0.3 is 10.1 Å². The van der Waals surface area contributed by atoms with Gasteiger partial charge in [-0.05, 0) is 74.8 Å². The highest BCUT2D eigenvalue weighted by Crippen LogP contribution is 2.40. The fourth-order valence-corrected chi connectivity index (χ4v) is 3.46. The van der Waals surface area contributed by atoms with Crippen LogP contribution >= 0.6 is 0 Å². The predicted molar refractivity (Wildman–Crippen MR) is 90.2 cm³/mol. The monoisotopic (exact) mass is 289 g/mol. The van der Waals surface area contributed by atoms with Crippen LogP contribution in [0, 0.1) is 26.2 Å². The second kappa shape index (κ2) is 6.39. The average Bonchev–Trinajstić information content (AvgIpc) is 2.68. The molecule has 2 unspecified atom stereocenters. The van der Waals surface area contributed by atoms with Gasteiger partial charge in [0.2, 0.25) is 0 Å². The minimum Gasteiger partial charge on any atom is -0.488 e. The summed E-state index contributed by atoms with van der Waals surface area (Å²) >= 11 is 0. The van der Waals surface area contributed by atoms with Gasteiger partial charge in [0.15, 0.2) is 0 Å². The Morgan fingerprint density at radius 2 is 1.95 bits per heavy atom. The molecule has 1 N–H and O–H groups in total. The number of rotatable bonds is 5. The maximum absolute atomic E-state index is 6.45. The van der Waals surface area contributed by atoms with E-state index in [0.29, 0.717) is 11.5 Å². The number of aryl methyl sites for hydroxylation is 2. The molecule has 1 aliphatic carbocycles. The van der Waals surface area contributed by atoms with Crippen molar-refractivity contribution in [1.29, 1.82) is 0 Å². The average molecular weight is 289 g/mol. The molecule has 21 heavy (non-hydrogen) atoms. The SMILES string of the molecule is CCCNC1C(Oc2cc(C)cc(C)c2C)CCC1(C)C. The van der Waals surface area contributed by atoms with Crippen LogP contribution in [0.4, 0.5) is 0 Å². The summed E-state index contributed by atoms with van der Waals surface area (Å²) in [7, 11) is 0. The van der Waals surface area contributed by atoms with Crippen LogP contribution in [0.2, 0.25) is 0 Å². The van der Waals surface area contributed by atoms with Gasteiger partial charge in [0.25, 0.3) is 0 Å². The Labute approximate surface area is 130 Å². The van der Waals surface area contributed by atoms with Crippen LogP contribution in [-0.2, 0) is 0 Å². The molecule has 0 heterocycles. The third-order valence-corrected chi connectivity index (χ3v) is 4.94. The Kier molecular flexibility index (Phi) is 4.98. The fourth-order valence-electron chi connectivity index (χ4n) is 3.46. The van der Waals surface area contributed by atoms with Crippen molar-refractivity contribution in [2.24, 2.45) is 5.41 Å². The van der Waals surface area contributed by atoms with Crippen LogP contribution in [-0.4, -0.2) is 18.7 Å². The summed E-state index contributed by atoms with van der Waals surface area (Å²) in [5.41, 5.74) is 4.19. The Hall–Kier alpha value is -1.02. The number of hydrogen-bond donors (Lipinski definition) is 1. The molecule has 1 saturated carbocycles. The van der Waals surface area contributed by atoms with E-state index in [1.54, 1.807) is 0 Å². The third kappa shape index (κ3) is 3.60. The zero-order valence-electron chi connectivity index (χ0n) is 14.5. The molecule has 1 aliphatic rings. The molecule has 1 fully saturated rings. The van der Waals surface area contributed by atoms with E-state index >= 15 is 0 Å². The molecule has 0 bridgehead atoms. The van der Waals surface area contributed by atoms with Crippen LogP contribution in [0.15, 0.2) is 12.1 Å². The van der Waals surface area contributed by atoms with Gasteiger partial charge in [-0.15, -0.1) is 0 Å². The molecule has 2 atom stereocenters. The van der Waals surface area contributed by atoms with Crippen LogP contribution in [0.3, 0.4) is 0 Å². The first-order valence-corrected chi connectivity index (χ1v) is 8.33. The summed E-state index contributed by atoms with van der Waals surface area (Å²) in [6.45, 7) is 14.5. The molecule has 0 aliphatic heterocycles. The Morgan fingerprint density at radius 3 is 2.62 bits per heavy atom. The van der Waals surface area contributed by atoms with Crippen molar-refractivity contribution >= 4 is 0 Å². The topological polar surface area (TPSA) is 21.3 Å². The molecule has 0 aromatic heterocycles. The van der Waals surface area contributed by atoms with Crippen molar-refractivity contribution in [2.45, 2.75) is 73.0 Å². The first-order chi connectivity index (χ1) is 9.85. The lowest BCUT2D eigenvalue weighted by molar-refractivity contribution is 0.139. The van der Waals surface area contributed by atoms with E-state index in [0.717, 1.165) is 18.7 Å². The lowest BCUT2D eigenvalue weighted by atomic mass is 9.87. The molecule has 0 saturated heterocycles. The summed E-state index contributed by atoms with van der Waals surface area (Å²) in [6.07, 6.45) is 3.82. The molecule has 2 nitrogen and oxygen atoms in total. The van der Waals surface area contributed by atoms with E-state index < -0.39 is 0 Å². The summed E-state index contributed by atoms with van der Waals surface area (Å²) in [4.78, 5) is 0. The molecule has 2 rings (SSSR count). The maximum Gasteiger partial charge on any atom is 0.123 e. The number of nitrogens with one attached hydrogen (secondary N) is 1. The third-order valence-electron chi connectivity index (χ3n) is 4.94. The molecule has 0 radical (unpaired) electrons. The van der Waals surface area contributed by atoms with Crippen molar-refractivity contribution in [3.05, 3.63) is 28.8 Å². The van der Waals surface area contributed by atoms with Gasteiger partial charge in [-0.25, -0.2) is 0 Å². The van der Waals surface area contributed by atoms with Crippen molar-refractivity contribution < 1.29 is 4.74 Å². The van der Waals surface area contributed by atoms with E-state index in [9.17, 15) is 0 Å². The number of ether oxygens (including phenoxy) is 1. The maximum atomic E-state index is 6.45. The highest BCUT2D eigenvalue weighted by molar-refractivity contribution is 5.42. The van der Waals surface area contributed by atoms with E-state index in [-0.39, 0.29) is 6.10 Å². The van der Waals surface area contributed by atoms with Crippen LogP contribution in [0.1, 0.15) is 56.7 Å². The van der Waals surface area contributed by atoms with Gasteiger partial charge in [0, 0.05) is 6.04 Å². The first kappa shape index (κ1) is 16.4. The minimum atomic E-state index is 0.284. The summed E-state index contributed by atoms with van der Waals surface area (Å²) in [5.74, 6) is 1.07. The van der Waals surface area contributed by atoms with Crippen LogP contribution in [0.25, 0.3) is 0 Å². The van der Waals surface area contributed by atoms with Crippen molar-refractivity contribution in [1.82, 2.24) is 5.32 Å². The second-order valence-electron chi connectivity index (χ2n) is 7.32. The molecule has 118 valence electrons. The second-order valence-corrected chi connectivity index (χ2v) is 7.32. The van der Waals surface area contributed by atoms with Gasteiger partial charge in [-0.2, -0.15) is 0 Å². The molecule has 1 aromatic carbocycles. The van der Waals surface area contributed by atoms with Crippen LogP contribution in [0.5, 0.6) is 5.75 Å². The van der Waals surface area contributed by atoms with Gasteiger partial charge in [0.1, 0.15) is 11.9 Å². The Balaban J connectivity index is 2.18. The van der Waals surface area contributed by atoms with E-state index in [1.807, 2.05) is 0 Å². The summed E-state index contributed by atoms with van der Waals surface area (Å²) in [5, 5.41) is 3.72. The predicted octanol–water partition coefficient (Wildman–Crippen LogP) is 4.55. The molecular weight excluding hydrogens is 258 g/mol. The van der Waals surface area contributed by atoms with E-state index in [4.69, 9.17) is 4.74 Å². The highest BCUT2D eigenvalue weighted by atomic mass is 16.5. The number of benzene rings is 1. The quantitative estimate of drug-likeness (QED) is 0.858. The molecule has 0 amide bonds. The van der Waals surface area contributed by atoms with E-state index in [2.05, 4.69) is 59.0 Å². The lowest BCUT2D eigenvalue weighted by Gasteiger charge is -2.32. The van der Waals surface area contributed by atoms with Crippen molar-refractivity contribution in [3.8, 4) is 5.75 Å². The van der Waals surface area contributed by atoms with Gasteiger partial charge >= 0.3 is 0 Å². The standard InChI is InChI=1S/C19H31NO/c1-7-10-20-18-16(8-9-19(18,5)6)21-17-12-13(2)11-14(3)15(17)4/h11-12,16,18,20H,7-10H2,1-6H3. The van der Waals surface area contributed by atoms with E-state index in [1.165, 1.54) is 29.5 Å². The Bertz CT molecular complexity index is 493. The fraction of sp³-hybridized carbons (Fsp3) is 0.684. The zero-order valence-corrected chi connectivity index (χ0v) is 14.5.